The summed E-state index contributed by atoms with van der Waals surface area (Å²) in [5, 5.41) is 12.4. The number of rotatable bonds is 11. The van der Waals surface area contributed by atoms with Gasteiger partial charge in [-0.15, -0.1) is 0 Å². The molecular formula is C22H29NO4. The van der Waals surface area contributed by atoms with Gasteiger partial charge in [-0.25, -0.2) is 0 Å². The van der Waals surface area contributed by atoms with Crippen LogP contribution in [0.5, 0.6) is 5.75 Å². The summed E-state index contributed by atoms with van der Waals surface area (Å²) in [6.45, 7) is 2.91. The van der Waals surface area contributed by atoms with Crippen LogP contribution in [0, 0.1) is 0 Å². The smallest absolute Gasteiger partial charge is 0.220 e. The zero-order valence-electron chi connectivity index (χ0n) is 16.1. The van der Waals surface area contributed by atoms with Gasteiger partial charge in [0.05, 0.1) is 25.4 Å². The summed E-state index contributed by atoms with van der Waals surface area (Å²) in [6, 6.07) is 16.9. The monoisotopic (exact) mass is 371 g/mol. The number of phenolic OH excluding ortho intramolecular Hbond substituents is 1. The van der Waals surface area contributed by atoms with Crippen molar-refractivity contribution in [2.24, 2.45) is 0 Å². The van der Waals surface area contributed by atoms with Gasteiger partial charge in [0.15, 0.2) is 0 Å². The van der Waals surface area contributed by atoms with E-state index >= 15 is 0 Å². The Morgan fingerprint density at radius 2 is 1.74 bits per heavy atom. The van der Waals surface area contributed by atoms with E-state index < -0.39 is 0 Å². The molecule has 146 valence electrons. The number of carbonyl (C=O) groups is 1. The zero-order valence-corrected chi connectivity index (χ0v) is 16.1. The van der Waals surface area contributed by atoms with Gasteiger partial charge in [0.1, 0.15) is 5.75 Å². The highest BCUT2D eigenvalue weighted by molar-refractivity contribution is 5.76. The van der Waals surface area contributed by atoms with Crippen molar-refractivity contribution in [2.75, 3.05) is 20.3 Å². The van der Waals surface area contributed by atoms with E-state index in [0.717, 1.165) is 11.1 Å². The molecule has 27 heavy (non-hydrogen) atoms. The van der Waals surface area contributed by atoms with Gasteiger partial charge in [0.25, 0.3) is 0 Å². The maximum absolute atomic E-state index is 12.4. The Labute approximate surface area is 161 Å². The van der Waals surface area contributed by atoms with Crippen LogP contribution >= 0.6 is 0 Å². The highest BCUT2D eigenvalue weighted by Gasteiger charge is 2.15. The summed E-state index contributed by atoms with van der Waals surface area (Å²) < 4.78 is 10.9. The number of benzene rings is 2. The highest BCUT2D eigenvalue weighted by atomic mass is 16.5. The largest absolute Gasteiger partial charge is 0.508 e. The molecule has 5 nitrogen and oxygen atoms in total. The van der Waals surface area contributed by atoms with Crippen LogP contribution in [0.25, 0.3) is 0 Å². The first-order valence-electron chi connectivity index (χ1n) is 9.28. The van der Waals surface area contributed by atoms with E-state index in [2.05, 4.69) is 5.32 Å². The van der Waals surface area contributed by atoms with Crippen LogP contribution in [0.4, 0.5) is 0 Å². The SMILES string of the molecule is COCC(C)OCC(Cc1ccccc1)NC(=O)CCc1ccc(O)cc1. The lowest BCUT2D eigenvalue weighted by Gasteiger charge is -2.21. The second kappa shape index (κ2) is 11.4. The van der Waals surface area contributed by atoms with Gasteiger partial charge in [-0.2, -0.15) is 0 Å². The number of aromatic hydroxyl groups is 1. The predicted octanol–water partition coefficient (Wildman–Crippen LogP) is 3.10. The first-order chi connectivity index (χ1) is 13.1. The molecule has 0 bridgehead atoms. The van der Waals surface area contributed by atoms with E-state index in [-0.39, 0.29) is 23.8 Å². The van der Waals surface area contributed by atoms with Crippen LogP contribution in [0.2, 0.25) is 0 Å². The van der Waals surface area contributed by atoms with E-state index in [9.17, 15) is 9.90 Å². The number of ether oxygens (including phenoxy) is 2. The molecule has 0 saturated carbocycles. The van der Waals surface area contributed by atoms with Gasteiger partial charge in [-0.1, -0.05) is 42.5 Å². The quantitative estimate of drug-likeness (QED) is 0.637. The van der Waals surface area contributed by atoms with Gasteiger partial charge in [-0.05, 0) is 43.0 Å². The maximum Gasteiger partial charge on any atom is 0.220 e. The van der Waals surface area contributed by atoms with E-state index in [1.807, 2.05) is 49.4 Å². The molecular weight excluding hydrogens is 342 g/mol. The van der Waals surface area contributed by atoms with Crippen molar-refractivity contribution >= 4 is 5.91 Å². The van der Waals surface area contributed by atoms with Gasteiger partial charge >= 0.3 is 0 Å². The van der Waals surface area contributed by atoms with Crippen LogP contribution in [0.1, 0.15) is 24.5 Å². The van der Waals surface area contributed by atoms with Crippen molar-refractivity contribution in [1.29, 1.82) is 0 Å². The number of amides is 1. The summed E-state index contributed by atoms with van der Waals surface area (Å²) in [4.78, 5) is 12.4. The summed E-state index contributed by atoms with van der Waals surface area (Å²) in [6.07, 6.45) is 1.71. The topological polar surface area (TPSA) is 67.8 Å². The number of aryl methyl sites for hydroxylation is 1. The van der Waals surface area contributed by atoms with Crippen molar-refractivity contribution in [3.05, 3.63) is 65.7 Å². The van der Waals surface area contributed by atoms with Gasteiger partial charge in [-0.3, -0.25) is 4.79 Å². The van der Waals surface area contributed by atoms with Crippen molar-refractivity contribution < 1.29 is 19.4 Å². The minimum absolute atomic E-state index is 0.00741. The Morgan fingerprint density at radius 3 is 2.41 bits per heavy atom. The minimum atomic E-state index is -0.0981. The van der Waals surface area contributed by atoms with Gasteiger partial charge in [0.2, 0.25) is 5.91 Å². The number of hydrogen-bond acceptors (Lipinski definition) is 4. The van der Waals surface area contributed by atoms with Crippen LogP contribution in [-0.4, -0.2) is 43.5 Å². The lowest BCUT2D eigenvalue weighted by Crippen LogP contribution is -2.41. The molecule has 0 fully saturated rings. The van der Waals surface area contributed by atoms with Crippen molar-refractivity contribution in [3.63, 3.8) is 0 Å². The van der Waals surface area contributed by atoms with Crippen molar-refractivity contribution in [1.82, 2.24) is 5.32 Å². The Bertz CT molecular complexity index is 672. The van der Waals surface area contributed by atoms with Crippen LogP contribution < -0.4 is 5.32 Å². The molecule has 1 amide bonds. The summed E-state index contributed by atoms with van der Waals surface area (Å²) in [5.74, 6) is 0.223. The average molecular weight is 371 g/mol. The van der Waals surface area contributed by atoms with Crippen molar-refractivity contribution in [2.45, 2.75) is 38.3 Å². The third-order valence-corrected chi connectivity index (χ3v) is 4.25. The van der Waals surface area contributed by atoms with Crippen LogP contribution in [0.3, 0.4) is 0 Å². The normalized spacial score (nSPS) is 13.1. The minimum Gasteiger partial charge on any atom is -0.508 e. The lowest BCUT2D eigenvalue weighted by atomic mass is 10.1. The molecule has 0 aliphatic heterocycles. The molecule has 5 heteroatoms. The number of carbonyl (C=O) groups excluding carboxylic acids is 1. The number of methoxy groups -OCH3 is 1. The predicted molar refractivity (Wildman–Crippen MR) is 106 cm³/mol. The lowest BCUT2D eigenvalue weighted by molar-refractivity contribution is -0.122. The molecule has 2 aromatic rings. The van der Waals surface area contributed by atoms with E-state index in [0.29, 0.717) is 32.5 Å². The molecule has 0 aliphatic rings. The Morgan fingerprint density at radius 1 is 1.04 bits per heavy atom. The fourth-order valence-corrected chi connectivity index (χ4v) is 2.83. The first-order valence-corrected chi connectivity index (χ1v) is 9.28. The molecule has 2 rings (SSSR count). The molecule has 0 aromatic heterocycles. The molecule has 0 heterocycles. The average Bonchev–Trinajstić information content (AvgIpc) is 2.67. The molecule has 0 aliphatic carbocycles. The Hall–Kier alpha value is -2.37. The molecule has 0 saturated heterocycles. The van der Waals surface area contributed by atoms with E-state index in [1.54, 1.807) is 19.2 Å². The standard InChI is InChI=1S/C22H29NO4/c1-17(15-26-2)27-16-20(14-19-6-4-3-5-7-19)23-22(25)13-10-18-8-11-21(24)12-9-18/h3-9,11-12,17,20,24H,10,13-16H2,1-2H3,(H,23,25). The number of nitrogens with one attached hydrogen (secondary N) is 1. The molecule has 2 N–H and O–H groups in total. The van der Waals surface area contributed by atoms with E-state index in [4.69, 9.17) is 9.47 Å². The Balaban J connectivity index is 1.88. The summed E-state index contributed by atoms with van der Waals surface area (Å²) >= 11 is 0. The summed E-state index contributed by atoms with van der Waals surface area (Å²) in [7, 11) is 1.65. The fourth-order valence-electron chi connectivity index (χ4n) is 2.83. The van der Waals surface area contributed by atoms with Crippen LogP contribution in [-0.2, 0) is 27.1 Å². The second-order valence-electron chi connectivity index (χ2n) is 6.72. The van der Waals surface area contributed by atoms with E-state index in [1.165, 1.54) is 0 Å². The van der Waals surface area contributed by atoms with Crippen molar-refractivity contribution in [3.8, 4) is 5.75 Å². The molecule has 2 unspecified atom stereocenters. The fraction of sp³-hybridized carbons (Fsp3) is 0.409. The third kappa shape index (κ3) is 8.24. The zero-order chi connectivity index (χ0) is 19.5. The number of phenols is 1. The third-order valence-electron chi connectivity index (χ3n) is 4.25. The summed E-state index contributed by atoms with van der Waals surface area (Å²) in [5.41, 5.74) is 2.18. The second-order valence-corrected chi connectivity index (χ2v) is 6.72. The number of hydrogen-bond donors (Lipinski definition) is 2. The maximum atomic E-state index is 12.4. The highest BCUT2D eigenvalue weighted by Crippen LogP contribution is 2.11. The van der Waals surface area contributed by atoms with Crippen LogP contribution in [0.15, 0.2) is 54.6 Å². The first kappa shape index (κ1) is 20.9. The molecule has 2 atom stereocenters. The molecule has 2 aromatic carbocycles. The molecule has 0 radical (unpaired) electrons. The Kier molecular flexibility index (Phi) is 8.81. The van der Waals surface area contributed by atoms with Gasteiger partial charge in [0, 0.05) is 13.5 Å². The molecule has 0 spiro atoms. The van der Waals surface area contributed by atoms with Gasteiger partial charge < -0.3 is 19.9 Å².